The molecule has 1 N–H and O–H groups in total. The fourth-order valence-corrected chi connectivity index (χ4v) is 11.3. The van der Waals surface area contributed by atoms with Crippen LogP contribution in [0.25, 0.3) is 0 Å². The predicted octanol–water partition coefficient (Wildman–Crippen LogP) is 10.6. The number of carbonyl (C=O) groups is 6. The summed E-state index contributed by atoms with van der Waals surface area (Å²) in [4.78, 5) is 83.6. The van der Waals surface area contributed by atoms with Crippen molar-refractivity contribution in [3.63, 3.8) is 0 Å². The maximum absolute atomic E-state index is 14.6. The van der Waals surface area contributed by atoms with Gasteiger partial charge in [0.15, 0.2) is 0 Å². The van der Waals surface area contributed by atoms with Gasteiger partial charge in [0.25, 0.3) is 5.91 Å². The summed E-state index contributed by atoms with van der Waals surface area (Å²) in [5.41, 5.74) is 1.66. The summed E-state index contributed by atoms with van der Waals surface area (Å²) in [6.45, 7) is 7.49. The summed E-state index contributed by atoms with van der Waals surface area (Å²) in [5.74, 6) is -3.94. The van der Waals surface area contributed by atoms with Crippen LogP contribution in [0.3, 0.4) is 0 Å². The molecule has 0 saturated heterocycles. The first-order chi connectivity index (χ1) is 34.1. The first kappa shape index (κ1) is 52.1. The van der Waals surface area contributed by atoms with Gasteiger partial charge in [-0.1, -0.05) is 12.8 Å². The predicted molar refractivity (Wildman–Crippen MR) is 252 cm³/mol. The standard InChI is InChI=1S/C27H26F4N2O5.C26H35FN2O5/c28-16-6-11-22-20(14-16)25(32(17-7-8-17)23(34)12-13-24(35)36)19-2-1-3-21(19)33(22)26(37)15-4-9-18(10-5-15)38-27(29,30)31;1-5-33-23(31)14-13-22(30)28(17-10-11-17)24-18-7-6-8-20(18)29(25(32)34-26(2,3)4)21-12-9-16(27)15-19(21)24/h4-6,9-11,14,17,19,21,25H,1-3,7-8,12-13H2,(H,35,36);9,12,15,17-18,20,24H,5-8,10-11,13-14H2,1-4H3/t19-,21+,25-;18-,20+,24-/m11/s1. The SMILES string of the molecule is CCOC(=O)CCC(=O)N(C1CC1)[C@H]1c2cc(F)ccc2N(C(=O)OC(C)(C)C)[C@H]2CCC[C@H]21.O=C(O)CCC(=O)N(C1CC1)[C@H]1c2cc(F)ccc2N(C(=O)c2ccc(OC(F)(F)F)cc2)[C@H]2CCC[C@H]21. The van der Waals surface area contributed by atoms with Crippen LogP contribution in [0.15, 0.2) is 60.7 Å². The van der Waals surface area contributed by atoms with E-state index in [0.29, 0.717) is 35.3 Å². The Morgan fingerprint density at radius 1 is 0.653 bits per heavy atom. The van der Waals surface area contributed by atoms with Gasteiger partial charge in [0.05, 0.1) is 37.2 Å². The third-order valence-electron chi connectivity index (χ3n) is 14.3. The lowest BCUT2D eigenvalue weighted by Gasteiger charge is -2.48. The molecule has 19 heteroatoms. The van der Waals surface area contributed by atoms with Crippen LogP contribution in [0.4, 0.5) is 38.1 Å². The zero-order valence-electron chi connectivity index (χ0n) is 40.8. The molecule has 9 rings (SSSR count). The normalized spacial score (nSPS) is 23.0. The molecule has 4 fully saturated rings. The number of amides is 4. The number of anilines is 2. The van der Waals surface area contributed by atoms with Gasteiger partial charge in [-0.25, -0.2) is 13.6 Å². The molecule has 0 aromatic heterocycles. The number of carboxylic acid groups (broad SMARTS) is 1. The summed E-state index contributed by atoms with van der Waals surface area (Å²) < 4.78 is 81.4. The minimum Gasteiger partial charge on any atom is -0.481 e. The Morgan fingerprint density at radius 2 is 1.14 bits per heavy atom. The lowest BCUT2D eigenvalue weighted by Crippen LogP contribution is -2.53. The van der Waals surface area contributed by atoms with E-state index in [9.17, 15) is 50.7 Å². The highest BCUT2D eigenvalue weighted by molar-refractivity contribution is 6.07. The third-order valence-corrected chi connectivity index (χ3v) is 14.3. The zero-order chi connectivity index (χ0) is 51.8. The largest absolute Gasteiger partial charge is 0.573 e. The van der Waals surface area contributed by atoms with E-state index in [0.717, 1.165) is 63.5 Å². The van der Waals surface area contributed by atoms with Crippen LogP contribution < -0.4 is 14.5 Å². The maximum atomic E-state index is 14.6. The summed E-state index contributed by atoms with van der Waals surface area (Å²) >= 11 is 0. The molecule has 0 radical (unpaired) electrons. The van der Waals surface area contributed by atoms with E-state index >= 15 is 0 Å². The van der Waals surface area contributed by atoms with Crippen molar-refractivity contribution in [2.75, 3.05) is 16.4 Å². The lowest BCUT2D eigenvalue weighted by atomic mass is 9.81. The average molecular weight is 1010 g/mol. The molecule has 4 saturated carbocycles. The van der Waals surface area contributed by atoms with Crippen molar-refractivity contribution < 1.29 is 70.0 Å². The number of ether oxygens (including phenoxy) is 3. The fraction of sp³-hybridized carbons (Fsp3) is 0.547. The van der Waals surface area contributed by atoms with Crippen LogP contribution in [-0.4, -0.2) is 93.4 Å². The van der Waals surface area contributed by atoms with Gasteiger partial charge in [-0.05, 0) is 140 Å². The van der Waals surface area contributed by atoms with E-state index in [1.807, 2.05) is 25.7 Å². The molecular weight excluding hydrogens is 948 g/mol. The van der Waals surface area contributed by atoms with Crippen molar-refractivity contribution in [3.8, 4) is 5.75 Å². The van der Waals surface area contributed by atoms with Crippen molar-refractivity contribution >= 4 is 47.1 Å². The number of rotatable bonds is 13. The highest BCUT2D eigenvalue weighted by atomic mass is 19.4. The fourth-order valence-electron chi connectivity index (χ4n) is 11.3. The summed E-state index contributed by atoms with van der Waals surface area (Å²) in [6, 6.07) is 11.9. The van der Waals surface area contributed by atoms with E-state index in [1.54, 1.807) is 27.7 Å². The van der Waals surface area contributed by atoms with Crippen molar-refractivity contribution in [2.45, 2.75) is 166 Å². The molecule has 14 nitrogen and oxygen atoms in total. The molecule has 2 aliphatic heterocycles. The molecule has 0 spiro atoms. The minimum absolute atomic E-state index is 0.0195. The van der Waals surface area contributed by atoms with Gasteiger partial charge in [-0.3, -0.25) is 28.9 Å². The molecule has 4 amide bonds. The van der Waals surface area contributed by atoms with Gasteiger partial charge >= 0.3 is 24.4 Å². The van der Waals surface area contributed by atoms with Crippen molar-refractivity contribution in [1.82, 2.24) is 9.80 Å². The minimum atomic E-state index is -4.86. The number of aliphatic carboxylic acids is 1. The van der Waals surface area contributed by atoms with Gasteiger partial charge in [0.1, 0.15) is 23.0 Å². The van der Waals surface area contributed by atoms with Crippen LogP contribution in [0.5, 0.6) is 5.75 Å². The average Bonchev–Trinajstić information content (AvgIpc) is 4.23. The Bertz CT molecular complexity index is 2540. The Hall–Kier alpha value is -6.27. The summed E-state index contributed by atoms with van der Waals surface area (Å²) in [5, 5.41) is 9.10. The van der Waals surface area contributed by atoms with Crippen LogP contribution in [-0.2, 0) is 28.7 Å². The second kappa shape index (κ2) is 21.1. The van der Waals surface area contributed by atoms with Crippen molar-refractivity contribution in [1.29, 1.82) is 0 Å². The molecule has 388 valence electrons. The number of hydrogen-bond acceptors (Lipinski definition) is 9. The Morgan fingerprint density at radius 3 is 1.60 bits per heavy atom. The van der Waals surface area contributed by atoms with Crippen LogP contribution in [0.2, 0.25) is 0 Å². The topological polar surface area (TPSA) is 163 Å². The number of carboxylic acids is 1. The van der Waals surface area contributed by atoms with Crippen molar-refractivity contribution in [2.24, 2.45) is 11.8 Å². The van der Waals surface area contributed by atoms with Crippen molar-refractivity contribution in [3.05, 3.63) is 89.0 Å². The Labute approximate surface area is 414 Å². The molecule has 6 atom stereocenters. The number of carbonyl (C=O) groups excluding carboxylic acids is 5. The van der Waals surface area contributed by atoms with Gasteiger partial charge < -0.3 is 34.0 Å². The number of fused-ring (bicyclic) bond motifs is 4. The van der Waals surface area contributed by atoms with E-state index in [2.05, 4.69) is 4.74 Å². The second-order valence-corrected chi connectivity index (χ2v) is 20.5. The second-order valence-electron chi connectivity index (χ2n) is 20.5. The number of nitrogens with zero attached hydrogens (tertiary/aromatic N) is 4. The maximum Gasteiger partial charge on any atom is 0.573 e. The highest BCUT2D eigenvalue weighted by Crippen LogP contribution is 2.55. The van der Waals surface area contributed by atoms with Crippen LogP contribution >= 0.6 is 0 Å². The number of benzene rings is 3. The first-order valence-electron chi connectivity index (χ1n) is 24.9. The smallest absolute Gasteiger partial charge is 0.481 e. The molecule has 6 aliphatic rings. The van der Waals surface area contributed by atoms with E-state index < -0.39 is 59.3 Å². The monoisotopic (exact) mass is 1010 g/mol. The molecular formula is C53H61F5N4O10. The summed E-state index contributed by atoms with van der Waals surface area (Å²) in [6.07, 6.45) is 2.26. The first-order valence-corrected chi connectivity index (χ1v) is 24.9. The number of alkyl halides is 3. The Balaban J connectivity index is 0.000000194. The highest BCUT2D eigenvalue weighted by Gasteiger charge is 2.54. The quantitative estimate of drug-likeness (QED) is 0.129. The molecule has 72 heavy (non-hydrogen) atoms. The van der Waals surface area contributed by atoms with Crippen LogP contribution in [0.1, 0.15) is 151 Å². The third kappa shape index (κ3) is 11.6. The molecule has 2 heterocycles. The zero-order valence-corrected chi connectivity index (χ0v) is 40.8. The number of hydrogen-bond donors (Lipinski definition) is 1. The van der Waals surface area contributed by atoms with Gasteiger partial charge in [-0.2, -0.15) is 0 Å². The van der Waals surface area contributed by atoms with Crippen LogP contribution in [0, 0.1) is 23.5 Å². The van der Waals surface area contributed by atoms with E-state index in [4.69, 9.17) is 14.6 Å². The van der Waals surface area contributed by atoms with Gasteiger partial charge in [-0.15, -0.1) is 13.2 Å². The number of esters is 1. The molecule has 0 bridgehead atoms. The Kier molecular flexibility index (Phi) is 15.2. The van der Waals surface area contributed by atoms with Gasteiger partial charge in [0.2, 0.25) is 11.8 Å². The molecule has 3 aromatic carbocycles. The van der Waals surface area contributed by atoms with E-state index in [-0.39, 0.29) is 91.7 Å². The number of halogens is 5. The molecule has 3 aromatic rings. The molecule has 4 aliphatic carbocycles. The lowest BCUT2D eigenvalue weighted by molar-refractivity contribution is -0.274. The molecule has 0 unspecified atom stereocenters. The van der Waals surface area contributed by atoms with E-state index in [1.165, 1.54) is 42.5 Å². The van der Waals surface area contributed by atoms with Gasteiger partial charge in [0, 0.05) is 71.2 Å². The summed E-state index contributed by atoms with van der Waals surface area (Å²) in [7, 11) is 0.